The minimum absolute atomic E-state index is 0.103. The second-order valence-electron chi connectivity index (χ2n) is 4.68. The van der Waals surface area contributed by atoms with Gasteiger partial charge in [0.2, 0.25) is 5.91 Å². The normalized spacial score (nSPS) is 10.9. The number of carbonyl (C=O) groups excluding carboxylic acids is 1. The summed E-state index contributed by atoms with van der Waals surface area (Å²) in [4.78, 5) is 32.6. The molecule has 2 aromatic heterocycles. The molecule has 0 saturated carbocycles. The lowest BCUT2D eigenvalue weighted by Crippen LogP contribution is -2.27. The molecular formula is C14H19N3O2S. The second kappa shape index (κ2) is 6.65. The van der Waals surface area contributed by atoms with E-state index in [9.17, 15) is 9.59 Å². The molecule has 0 atom stereocenters. The Morgan fingerprint density at radius 2 is 2.25 bits per heavy atom. The second-order valence-corrected chi connectivity index (χ2v) is 5.79. The van der Waals surface area contributed by atoms with Crippen LogP contribution in [0.5, 0.6) is 0 Å². The van der Waals surface area contributed by atoms with Crippen LogP contribution < -0.4 is 10.9 Å². The molecule has 0 unspecified atom stereocenters. The number of aromatic nitrogens is 2. The summed E-state index contributed by atoms with van der Waals surface area (Å²) in [5.74, 6) is 0.328. The fourth-order valence-corrected chi connectivity index (χ4v) is 2.89. The summed E-state index contributed by atoms with van der Waals surface area (Å²) in [6.45, 7) is 4.78. The topological polar surface area (TPSA) is 74.8 Å². The zero-order chi connectivity index (χ0) is 14.5. The van der Waals surface area contributed by atoms with Crippen molar-refractivity contribution in [2.75, 3.05) is 6.54 Å². The SMILES string of the molecule is CCCCNC(=O)Cc1nc2sc(CC)cc2c(=O)[nH]1. The Morgan fingerprint density at radius 1 is 1.45 bits per heavy atom. The van der Waals surface area contributed by atoms with Gasteiger partial charge in [-0.25, -0.2) is 4.98 Å². The van der Waals surface area contributed by atoms with Crippen LogP contribution in [0.25, 0.3) is 10.2 Å². The standard InChI is InChI=1S/C14H19N3O2S/c1-3-5-6-15-12(18)8-11-16-13(19)10-7-9(4-2)20-14(10)17-11/h7H,3-6,8H2,1-2H3,(H,15,18)(H,16,17,19). The Balaban J connectivity index is 2.14. The molecular weight excluding hydrogens is 274 g/mol. The lowest BCUT2D eigenvalue weighted by atomic mass is 10.3. The van der Waals surface area contributed by atoms with Crippen molar-refractivity contribution < 1.29 is 4.79 Å². The predicted octanol–water partition coefficient (Wildman–Crippen LogP) is 2.01. The third-order valence-corrected chi connectivity index (χ3v) is 4.20. The molecule has 2 rings (SSSR count). The summed E-state index contributed by atoms with van der Waals surface area (Å²) >= 11 is 1.51. The highest BCUT2D eigenvalue weighted by Gasteiger charge is 2.10. The number of unbranched alkanes of at least 4 members (excludes halogenated alkanes) is 1. The van der Waals surface area contributed by atoms with Crippen molar-refractivity contribution in [3.63, 3.8) is 0 Å². The first-order valence-electron chi connectivity index (χ1n) is 6.92. The van der Waals surface area contributed by atoms with Gasteiger partial charge in [0.05, 0.1) is 11.8 Å². The summed E-state index contributed by atoms with van der Waals surface area (Å²) in [7, 11) is 0. The minimum atomic E-state index is -0.165. The Labute approximate surface area is 121 Å². The molecule has 2 heterocycles. The van der Waals surface area contributed by atoms with Crippen LogP contribution in [-0.4, -0.2) is 22.4 Å². The predicted molar refractivity (Wildman–Crippen MR) is 81.2 cm³/mol. The van der Waals surface area contributed by atoms with Crippen LogP contribution >= 0.6 is 11.3 Å². The van der Waals surface area contributed by atoms with E-state index in [0.717, 1.165) is 24.1 Å². The van der Waals surface area contributed by atoms with Gasteiger partial charge in [-0.2, -0.15) is 0 Å². The summed E-state index contributed by atoms with van der Waals surface area (Å²) in [5.41, 5.74) is -0.165. The van der Waals surface area contributed by atoms with E-state index in [0.29, 0.717) is 22.6 Å². The van der Waals surface area contributed by atoms with E-state index in [1.54, 1.807) is 0 Å². The van der Waals surface area contributed by atoms with Crippen LogP contribution in [0.2, 0.25) is 0 Å². The van der Waals surface area contributed by atoms with Crippen molar-refractivity contribution in [1.82, 2.24) is 15.3 Å². The molecule has 0 aliphatic heterocycles. The molecule has 2 aromatic rings. The van der Waals surface area contributed by atoms with E-state index < -0.39 is 0 Å². The largest absolute Gasteiger partial charge is 0.356 e. The van der Waals surface area contributed by atoms with Gasteiger partial charge in [0.25, 0.3) is 5.56 Å². The van der Waals surface area contributed by atoms with Crippen LogP contribution in [0, 0.1) is 0 Å². The fourth-order valence-electron chi connectivity index (χ4n) is 1.90. The lowest BCUT2D eigenvalue weighted by Gasteiger charge is -2.03. The number of thiophene rings is 1. The number of rotatable bonds is 6. The molecule has 0 spiro atoms. The maximum absolute atomic E-state index is 12.0. The van der Waals surface area contributed by atoms with E-state index in [1.807, 2.05) is 13.0 Å². The van der Waals surface area contributed by atoms with Crippen molar-refractivity contribution in [1.29, 1.82) is 0 Å². The number of amides is 1. The fraction of sp³-hybridized carbons (Fsp3) is 0.500. The molecule has 2 N–H and O–H groups in total. The number of carbonyl (C=O) groups is 1. The molecule has 0 aliphatic carbocycles. The van der Waals surface area contributed by atoms with Crippen molar-refractivity contribution in [2.45, 2.75) is 39.5 Å². The molecule has 108 valence electrons. The third kappa shape index (κ3) is 3.45. The van der Waals surface area contributed by atoms with E-state index in [2.05, 4.69) is 22.2 Å². The lowest BCUT2D eigenvalue weighted by molar-refractivity contribution is -0.120. The van der Waals surface area contributed by atoms with Crippen LogP contribution in [0.4, 0.5) is 0 Å². The third-order valence-electron chi connectivity index (χ3n) is 3.03. The quantitative estimate of drug-likeness (QED) is 0.800. The monoisotopic (exact) mass is 293 g/mol. The molecule has 20 heavy (non-hydrogen) atoms. The van der Waals surface area contributed by atoms with Gasteiger partial charge in [-0.1, -0.05) is 20.3 Å². The molecule has 0 saturated heterocycles. The highest BCUT2D eigenvalue weighted by molar-refractivity contribution is 7.18. The molecule has 1 amide bonds. The molecule has 0 bridgehead atoms. The van der Waals surface area contributed by atoms with Gasteiger partial charge in [-0.3, -0.25) is 9.59 Å². The van der Waals surface area contributed by atoms with Gasteiger partial charge < -0.3 is 10.3 Å². The van der Waals surface area contributed by atoms with E-state index in [-0.39, 0.29) is 17.9 Å². The number of hydrogen-bond donors (Lipinski definition) is 2. The number of H-pyrrole nitrogens is 1. The smallest absolute Gasteiger partial charge is 0.259 e. The van der Waals surface area contributed by atoms with Crippen LogP contribution in [0.15, 0.2) is 10.9 Å². The van der Waals surface area contributed by atoms with Crippen molar-refractivity contribution in [3.8, 4) is 0 Å². The van der Waals surface area contributed by atoms with E-state index >= 15 is 0 Å². The van der Waals surface area contributed by atoms with Crippen molar-refractivity contribution in [3.05, 3.63) is 27.1 Å². The Morgan fingerprint density at radius 3 is 2.95 bits per heavy atom. The number of fused-ring (bicyclic) bond motifs is 1. The number of aryl methyl sites for hydroxylation is 1. The van der Waals surface area contributed by atoms with Crippen molar-refractivity contribution >= 4 is 27.5 Å². The molecule has 5 nitrogen and oxygen atoms in total. The summed E-state index contributed by atoms with van der Waals surface area (Å²) in [5, 5.41) is 3.43. The Hall–Kier alpha value is -1.69. The van der Waals surface area contributed by atoms with E-state index in [4.69, 9.17) is 0 Å². The number of nitrogens with zero attached hydrogens (tertiary/aromatic N) is 1. The van der Waals surface area contributed by atoms with Gasteiger partial charge in [0, 0.05) is 11.4 Å². The molecule has 0 aliphatic rings. The first kappa shape index (κ1) is 14.7. The van der Waals surface area contributed by atoms with Gasteiger partial charge in [0.15, 0.2) is 0 Å². The minimum Gasteiger partial charge on any atom is -0.356 e. The van der Waals surface area contributed by atoms with Crippen molar-refractivity contribution in [2.24, 2.45) is 0 Å². The van der Waals surface area contributed by atoms with Gasteiger partial charge in [0.1, 0.15) is 10.7 Å². The Bertz CT molecular complexity index is 660. The highest BCUT2D eigenvalue weighted by atomic mass is 32.1. The molecule has 0 fully saturated rings. The first-order chi connectivity index (χ1) is 9.63. The number of nitrogens with one attached hydrogen (secondary N) is 2. The van der Waals surface area contributed by atoms with Gasteiger partial charge >= 0.3 is 0 Å². The summed E-state index contributed by atoms with van der Waals surface area (Å²) in [6, 6.07) is 1.87. The summed E-state index contributed by atoms with van der Waals surface area (Å²) < 4.78 is 0. The highest BCUT2D eigenvalue weighted by Crippen LogP contribution is 2.21. The molecule has 0 aromatic carbocycles. The zero-order valence-corrected chi connectivity index (χ0v) is 12.6. The maximum Gasteiger partial charge on any atom is 0.259 e. The van der Waals surface area contributed by atoms with Crippen LogP contribution in [0.3, 0.4) is 0 Å². The first-order valence-corrected chi connectivity index (χ1v) is 7.74. The van der Waals surface area contributed by atoms with Gasteiger partial charge in [-0.15, -0.1) is 11.3 Å². The average molecular weight is 293 g/mol. The molecule has 6 heteroatoms. The molecule has 0 radical (unpaired) electrons. The van der Waals surface area contributed by atoms with Gasteiger partial charge in [-0.05, 0) is 18.9 Å². The van der Waals surface area contributed by atoms with E-state index in [1.165, 1.54) is 11.3 Å². The average Bonchev–Trinajstić information content (AvgIpc) is 2.82. The maximum atomic E-state index is 12.0. The van der Waals surface area contributed by atoms with Crippen LogP contribution in [0.1, 0.15) is 37.4 Å². The zero-order valence-electron chi connectivity index (χ0n) is 11.8. The Kier molecular flexibility index (Phi) is 4.89. The number of hydrogen-bond acceptors (Lipinski definition) is 4. The number of aromatic amines is 1. The summed E-state index contributed by atoms with van der Waals surface area (Å²) in [6.07, 6.45) is 3.00. The van der Waals surface area contributed by atoms with Crippen LogP contribution in [-0.2, 0) is 17.6 Å².